The van der Waals surface area contributed by atoms with Gasteiger partial charge >= 0.3 is 0 Å². The first-order valence-electron chi connectivity index (χ1n) is 11.3. The number of aryl methyl sites for hydroxylation is 2. The van der Waals surface area contributed by atoms with E-state index in [4.69, 9.17) is 6.42 Å². The Labute approximate surface area is 259 Å². The molecule has 3 rings (SSSR count). The number of terminal acetylenes is 1. The predicted molar refractivity (Wildman–Crippen MR) is 201 cm³/mol. The fourth-order valence-corrected chi connectivity index (χ4v) is 3.62. The van der Waals surface area contributed by atoms with Gasteiger partial charge in [0, 0.05) is 55.1 Å². The fourth-order valence-electron chi connectivity index (χ4n) is 3.62. The van der Waals surface area contributed by atoms with Crippen LogP contribution in [0.1, 0.15) is 60.6 Å². The van der Waals surface area contributed by atoms with Gasteiger partial charge in [0.05, 0.1) is 5.41 Å². The Bertz CT molecular complexity index is 2010. The molecule has 0 unspecified atom stereocenters. The highest BCUT2D eigenvalue weighted by Crippen LogP contribution is 2.49. The third-order valence-electron chi connectivity index (χ3n) is 5.23. The summed E-state index contributed by atoms with van der Waals surface area (Å²) < 4.78 is 0. The van der Waals surface area contributed by atoms with Crippen LogP contribution in [0.3, 0.4) is 0 Å². The highest BCUT2D eigenvalue weighted by molar-refractivity contribution is 5.83. The van der Waals surface area contributed by atoms with Crippen molar-refractivity contribution in [3.05, 3.63) is 58.7 Å². The minimum Gasteiger partial charge on any atom is -0.106 e. The lowest BCUT2D eigenvalue weighted by Gasteiger charge is -2.21. The summed E-state index contributed by atoms with van der Waals surface area (Å²) in [5.74, 6) is 54.5. The van der Waals surface area contributed by atoms with E-state index in [2.05, 4.69) is 181 Å². The smallest absolute Gasteiger partial charge is 0.0806 e. The summed E-state index contributed by atoms with van der Waals surface area (Å²) in [6, 6.07) is 13.1. The first kappa shape index (κ1) is 26.2. The maximum absolute atomic E-state index is 4.96. The molecule has 0 bridgehead atoms. The molecule has 1 aliphatic carbocycles. The molecule has 0 saturated heterocycles. The second-order valence-electron chi connectivity index (χ2n) is 7.87. The van der Waals surface area contributed by atoms with Crippen LogP contribution in [0.2, 0.25) is 0 Å². The topological polar surface area (TPSA) is 0 Å². The number of rotatable bonds is 0. The van der Waals surface area contributed by atoms with Crippen molar-refractivity contribution in [2.24, 2.45) is 0 Å². The largest absolute Gasteiger partial charge is 0.106 e. The number of fused-ring (bicyclic) bond motifs is 3. The molecule has 0 spiro atoms. The summed E-state index contributed by atoms with van der Waals surface area (Å²) in [6.07, 6.45) is 4.96. The number of hydrogen-bond acceptors (Lipinski definition) is 0. The van der Waals surface area contributed by atoms with Crippen LogP contribution in [0.4, 0.5) is 0 Å². The summed E-state index contributed by atoms with van der Waals surface area (Å²) in [7, 11) is 0. The fraction of sp³-hybridized carbons (Fsp3) is 0.105. The monoisotopic (exact) mass is 516 g/mol. The van der Waals surface area contributed by atoms with E-state index in [0.29, 0.717) is 0 Å². The van der Waals surface area contributed by atoms with E-state index in [9.17, 15) is 0 Å². The molecular formula is C38H60. The van der Waals surface area contributed by atoms with Gasteiger partial charge in [0.15, 0.2) is 0 Å². The molecule has 0 fully saturated rings. The van der Waals surface area contributed by atoms with Crippen molar-refractivity contribution < 1.29 is 31.4 Å². The van der Waals surface area contributed by atoms with Crippen molar-refractivity contribution in [3.63, 3.8) is 0 Å². The zero-order valence-electron chi connectivity index (χ0n) is 21.0. The SMILES string of the molecule is C#CC#CC#CC#CC#CC#CC#CC#CC#CC#CC#CC1(C)c2cc(C)ccc2-c2ccc(C)cc21.[HH].[HH].[HH].[HH].[HH].[HH].[HH].[HH].[HH].[HH].[HH].[HH].[HH].[HH].[HH].[HH].[HH].[HH].[HH].[HH].[HH].[HH]. The third-order valence-corrected chi connectivity index (χ3v) is 5.23. The molecule has 0 amide bonds. The molecule has 0 aromatic heterocycles. The predicted octanol–water partition coefficient (Wildman–Crippen LogP) is 9.67. The molecule has 0 nitrogen and oxygen atoms in total. The van der Waals surface area contributed by atoms with E-state index in [1.165, 1.54) is 33.4 Å². The van der Waals surface area contributed by atoms with Gasteiger partial charge in [-0.25, -0.2) is 0 Å². The second kappa shape index (κ2) is 13.5. The normalized spacial score (nSPS) is 9.11. The van der Waals surface area contributed by atoms with Crippen LogP contribution in [0.5, 0.6) is 0 Å². The zero-order valence-corrected chi connectivity index (χ0v) is 21.0. The molecule has 38 heavy (non-hydrogen) atoms. The van der Waals surface area contributed by atoms with Crippen molar-refractivity contribution in [2.75, 3.05) is 0 Å². The van der Waals surface area contributed by atoms with Crippen molar-refractivity contribution in [2.45, 2.75) is 26.2 Å². The first-order chi connectivity index (χ1) is 18.6. The molecule has 0 aliphatic heterocycles. The third kappa shape index (κ3) is 7.05. The van der Waals surface area contributed by atoms with Gasteiger partial charge in [-0.2, -0.15) is 0 Å². The molecule has 0 heterocycles. The lowest BCUT2D eigenvalue weighted by Crippen LogP contribution is -2.18. The lowest BCUT2D eigenvalue weighted by atomic mass is 9.80. The summed E-state index contributed by atoms with van der Waals surface area (Å²) in [5.41, 5.74) is 6.86. The highest BCUT2D eigenvalue weighted by Gasteiger charge is 2.38. The van der Waals surface area contributed by atoms with Gasteiger partial charge in [0.2, 0.25) is 0 Å². The van der Waals surface area contributed by atoms with Gasteiger partial charge in [-0.1, -0.05) is 53.4 Å². The first-order valence-corrected chi connectivity index (χ1v) is 11.3. The van der Waals surface area contributed by atoms with Crippen molar-refractivity contribution >= 4 is 0 Å². The van der Waals surface area contributed by atoms with Gasteiger partial charge in [0.25, 0.3) is 0 Å². The number of hydrogen-bond donors (Lipinski definition) is 0. The molecular weight excluding hydrogens is 456 g/mol. The zero-order chi connectivity index (χ0) is 27.1. The summed E-state index contributed by atoms with van der Waals surface area (Å²) in [4.78, 5) is 0. The maximum Gasteiger partial charge on any atom is 0.0806 e. The van der Waals surface area contributed by atoms with E-state index in [-0.39, 0.29) is 31.4 Å². The molecule has 0 heteroatoms. The molecule has 0 radical (unpaired) electrons. The van der Waals surface area contributed by atoms with Gasteiger partial charge in [-0.3, -0.25) is 0 Å². The van der Waals surface area contributed by atoms with Gasteiger partial charge in [-0.15, -0.1) is 6.42 Å². The second-order valence-corrected chi connectivity index (χ2v) is 7.87. The Morgan fingerprint density at radius 1 is 0.500 bits per heavy atom. The van der Waals surface area contributed by atoms with Crippen LogP contribution >= 0.6 is 0 Å². The number of benzene rings is 2. The molecule has 1 aliphatic rings. The summed E-state index contributed by atoms with van der Waals surface area (Å²) in [6.45, 7) is 6.34. The molecule has 0 N–H and O–H groups in total. The van der Waals surface area contributed by atoms with E-state index >= 15 is 0 Å². The minimum atomic E-state index is -0.427. The van der Waals surface area contributed by atoms with Crippen molar-refractivity contribution in [1.82, 2.24) is 0 Å². The van der Waals surface area contributed by atoms with Crippen LogP contribution in [0.25, 0.3) is 11.1 Å². The van der Waals surface area contributed by atoms with E-state index in [0.717, 1.165) is 0 Å². The average molecular weight is 517 g/mol. The van der Waals surface area contributed by atoms with Crippen LogP contribution in [0, 0.1) is 145 Å². The highest BCUT2D eigenvalue weighted by atomic mass is 14.4. The molecule has 0 atom stereocenters. The Morgan fingerprint density at radius 2 is 0.816 bits per heavy atom. The Balaban J connectivity index is -0.0000000404. The van der Waals surface area contributed by atoms with Crippen molar-refractivity contribution in [1.29, 1.82) is 0 Å². The molecule has 2 aromatic rings. The van der Waals surface area contributed by atoms with E-state index < -0.39 is 5.41 Å². The Morgan fingerprint density at radius 3 is 1.16 bits per heavy atom. The van der Waals surface area contributed by atoms with Gasteiger partial charge < -0.3 is 0 Å². The molecule has 0 saturated carbocycles. The van der Waals surface area contributed by atoms with Crippen LogP contribution in [0.15, 0.2) is 36.4 Å². The Hall–Kier alpha value is -6.40. The van der Waals surface area contributed by atoms with Gasteiger partial charge in [-0.05, 0) is 138 Å². The van der Waals surface area contributed by atoms with E-state index in [1.807, 2.05) is 0 Å². The van der Waals surface area contributed by atoms with Crippen LogP contribution < -0.4 is 0 Å². The van der Waals surface area contributed by atoms with Crippen molar-refractivity contribution in [3.8, 4) is 142 Å². The molecule has 2 aromatic carbocycles. The average Bonchev–Trinajstić information content (AvgIpc) is 3.14. The molecule has 212 valence electrons. The van der Waals surface area contributed by atoms with Crippen LogP contribution in [-0.2, 0) is 5.41 Å². The van der Waals surface area contributed by atoms with Gasteiger partial charge in [0.1, 0.15) is 0 Å². The quantitative estimate of drug-likeness (QED) is 0.306. The lowest BCUT2D eigenvalue weighted by molar-refractivity contribution is 0.776. The van der Waals surface area contributed by atoms with E-state index in [1.54, 1.807) is 0 Å². The summed E-state index contributed by atoms with van der Waals surface area (Å²) >= 11 is 0. The minimum absolute atomic E-state index is 0. The standard InChI is InChI=1S/C38H16.22H2/c1-5-6-7-8-9-10-11-12-13-14-15-16-17-18-19-20-21-22-23-24-29-38(4)36-30-32(2)25-27-34(36)35-28-26-33(3)31-37(35)38;;;;;;;;;;;;;;;;;;;;;;/h1,25-28,30-31H,2-4H3;22*1H. The van der Waals surface area contributed by atoms with Crippen LogP contribution in [-0.4, -0.2) is 0 Å². The Kier molecular flexibility index (Phi) is 9.30. The maximum atomic E-state index is 4.96. The summed E-state index contributed by atoms with van der Waals surface area (Å²) in [5, 5.41) is 0.